The summed E-state index contributed by atoms with van der Waals surface area (Å²) in [6.45, 7) is -0.102. The highest BCUT2D eigenvalue weighted by Crippen LogP contribution is 2.33. The van der Waals surface area contributed by atoms with E-state index in [-0.39, 0.29) is 12.1 Å². The molecule has 6 nitrogen and oxygen atoms in total. The van der Waals surface area contributed by atoms with E-state index < -0.39 is 13.8 Å². The summed E-state index contributed by atoms with van der Waals surface area (Å²) in [5.41, 5.74) is -0.353. The van der Waals surface area contributed by atoms with Gasteiger partial charge in [0.15, 0.2) is 0 Å². The van der Waals surface area contributed by atoms with Crippen LogP contribution in [0, 0.1) is 0 Å². The van der Waals surface area contributed by atoms with Crippen molar-refractivity contribution in [2.75, 3.05) is 6.16 Å². The summed E-state index contributed by atoms with van der Waals surface area (Å²) in [5, 5.41) is 5.04. The third-order valence-electron chi connectivity index (χ3n) is 2.42. The van der Waals surface area contributed by atoms with Gasteiger partial charge in [-0.15, -0.1) is 0 Å². The van der Waals surface area contributed by atoms with Gasteiger partial charge in [-0.2, -0.15) is 5.10 Å². The molecule has 8 heteroatoms. The molecular formula is C10H10BrN2O4P. The van der Waals surface area contributed by atoms with Crippen LogP contribution >= 0.6 is 23.5 Å². The number of nitrogens with zero attached hydrogens (tertiary/aromatic N) is 2. The molecule has 0 fully saturated rings. The molecule has 1 heterocycles. The highest BCUT2D eigenvalue weighted by atomic mass is 79.9. The minimum Gasteiger partial charge on any atom is -0.324 e. The summed E-state index contributed by atoms with van der Waals surface area (Å²) in [4.78, 5) is 29.6. The van der Waals surface area contributed by atoms with Crippen molar-refractivity contribution in [3.8, 4) is 0 Å². The van der Waals surface area contributed by atoms with Crippen LogP contribution in [0.1, 0.15) is 0 Å². The Morgan fingerprint density at radius 2 is 2.11 bits per heavy atom. The Kier molecular flexibility index (Phi) is 3.68. The Morgan fingerprint density at radius 3 is 2.78 bits per heavy atom. The number of halogens is 1. The van der Waals surface area contributed by atoms with Crippen molar-refractivity contribution < 1.29 is 14.4 Å². The van der Waals surface area contributed by atoms with E-state index in [1.165, 1.54) is 6.20 Å². The van der Waals surface area contributed by atoms with Crippen molar-refractivity contribution in [2.45, 2.75) is 6.54 Å². The minimum absolute atomic E-state index is 0.102. The predicted molar refractivity (Wildman–Crippen MR) is 70.6 cm³/mol. The van der Waals surface area contributed by atoms with Crippen LogP contribution in [0.5, 0.6) is 0 Å². The van der Waals surface area contributed by atoms with Crippen molar-refractivity contribution in [1.82, 2.24) is 9.78 Å². The number of aryl methyl sites for hydroxylation is 1. The molecule has 2 N–H and O–H groups in total. The lowest BCUT2D eigenvalue weighted by Crippen LogP contribution is -2.24. The van der Waals surface area contributed by atoms with Crippen molar-refractivity contribution in [1.29, 1.82) is 0 Å². The molecule has 0 atom stereocenters. The Morgan fingerprint density at radius 1 is 1.39 bits per heavy atom. The van der Waals surface area contributed by atoms with Gasteiger partial charge in [-0.3, -0.25) is 9.36 Å². The molecule has 18 heavy (non-hydrogen) atoms. The first kappa shape index (κ1) is 13.4. The number of fused-ring (bicyclic) bond motifs is 1. The first-order valence-corrected chi connectivity index (χ1v) is 7.66. The van der Waals surface area contributed by atoms with E-state index >= 15 is 0 Å². The number of hydrogen-bond donors (Lipinski definition) is 2. The third-order valence-corrected chi connectivity index (χ3v) is 3.69. The second-order valence-electron chi connectivity index (χ2n) is 3.79. The molecule has 0 radical (unpaired) electrons. The predicted octanol–water partition coefficient (Wildman–Crippen LogP) is 1.34. The van der Waals surface area contributed by atoms with Gasteiger partial charge in [0.2, 0.25) is 0 Å². The van der Waals surface area contributed by atoms with Crippen LogP contribution in [-0.4, -0.2) is 25.7 Å². The van der Waals surface area contributed by atoms with Crippen LogP contribution < -0.4 is 5.56 Å². The summed E-state index contributed by atoms with van der Waals surface area (Å²) in [6.07, 6.45) is 1.10. The Balaban J connectivity index is 2.43. The number of hydrogen-bond acceptors (Lipinski definition) is 3. The summed E-state index contributed by atoms with van der Waals surface area (Å²) < 4.78 is 12.7. The zero-order valence-corrected chi connectivity index (χ0v) is 11.6. The van der Waals surface area contributed by atoms with E-state index in [9.17, 15) is 9.36 Å². The lowest BCUT2D eigenvalue weighted by Gasteiger charge is -2.07. The van der Waals surface area contributed by atoms with Crippen molar-refractivity contribution >= 4 is 34.3 Å². The number of benzene rings is 1. The molecule has 0 saturated heterocycles. The molecular weight excluding hydrogens is 323 g/mol. The fourth-order valence-corrected chi connectivity index (χ4v) is 2.37. The molecule has 0 spiro atoms. The van der Waals surface area contributed by atoms with Crippen LogP contribution in [0.3, 0.4) is 0 Å². The van der Waals surface area contributed by atoms with Gasteiger partial charge in [-0.05, 0) is 18.2 Å². The summed E-state index contributed by atoms with van der Waals surface area (Å²) in [7, 11) is -4.13. The molecule has 96 valence electrons. The van der Waals surface area contributed by atoms with Gasteiger partial charge in [-0.25, -0.2) is 4.68 Å². The van der Waals surface area contributed by atoms with Gasteiger partial charge in [0.05, 0.1) is 24.3 Å². The van der Waals surface area contributed by atoms with Gasteiger partial charge in [-0.1, -0.05) is 15.9 Å². The number of rotatable bonds is 3. The van der Waals surface area contributed by atoms with E-state index in [1.807, 2.05) is 0 Å². The van der Waals surface area contributed by atoms with Crippen LogP contribution in [0.2, 0.25) is 0 Å². The van der Waals surface area contributed by atoms with Gasteiger partial charge in [0.1, 0.15) is 0 Å². The second kappa shape index (κ2) is 4.93. The van der Waals surface area contributed by atoms with Crippen molar-refractivity contribution in [2.24, 2.45) is 0 Å². The van der Waals surface area contributed by atoms with Crippen LogP contribution in [-0.2, 0) is 11.1 Å². The Bertz CT molecular complexity index is 694. The third kappa shape index (κ3) is 3.05. The van der Waals surface area contributed by atoms with Gasteiger partial charge >= 0.3 is 7.60 Å². The fraction of sp³-hybridized carbons (Fsp3) is 0.200. The maximum absolute atomic E-state index is 12.0. The smallest absolute Gasteiger partial charge is 0.324 e. The molecule has 0 aliphatic carbocycles. The van der Waals surface area contributed by atoms with Gasteiger partial charge in [0, 0.05) is 9.86 Å². The molecule has 1 aromatic carbocycles. The lowest BCUT2D eigenvalue weighted by molar-refractivity contribution is 0.368. The summed E-state index contributed by atoms with van der Waals surface area (Å²) in [5.74, 6) is 0. The molecule has 0 aliphatic rings. The highest BCUT2D eigenvalue weighted by molar-refractivity contribution is 9.10. The van der Waals surface area contributed by atoms with Gasteiger partial charge < -0.3 is 9.79 Å². The zero-order valence-electron chi connectivity index (χ0n) is 9.15. The van der Waals surface area contributed by atoms with E-state index in [2.05, 4.69) is 21.0 Å². The Hall–Kier alpha value is -1.01. The first-order valence-electron chi connectivity index (χ1n) is 5.07. The Labute approximate surface area is 111 Å². The van der Waals surface area contributed by atoms with Crippen molar-refractivity contribution in [3.05, 3.63) is 39.2 Å². The molecule has 2 aromatic rings. The first-order chi connectivity index (χ1) is 8.37. The molecule has 0 bridgehead atoms. The normalized spacial score (nSPS) is 11.9. The van der Waals surface area contributed by atoms with Gasteiger partial charge in [0.25, 0.3) is 5.56 Å². The quantitative estimate of drug-likeness (QED) is 0.827. The van der Waals surface area contributed by atoms with Crippen LogP contribution in [0.4, 0.5) is 0 Å². The standard InChI is InChI=1S/C10H10BrN2O4P/c11-8-1-2-9-7(5-8)6-12-13(10(9)14)3-4-18(15,16)17/h1-2,5-6H,3-4H2,(H2,15,16,17). The minimum atomic E-state index is -4.13. The average molecular weight is 333 g/mol. The molecule has 0 amide bonds. The topological polar surface area (TPSA) is 92.4 Å². The van der Waals surface area contributed by atoms with E-state index in [1.54, 1.807) is 18.2 Å². The molecule has 1 aromatic heterocycles. The molecule has 2 rings (SSSR count). The second-order valence-corrected chi connectivity index (χ2v) is 6.48. The molecule has 0 unspecified atom stereocenters. The maximum Gasteiger partial charge on any atom is 0.327 e. The zero-order chi connectivity index (χ0) is 13.3. The fourth-order valence-electron chi connectivity index (χ4n) is 1.54. The van der Waals surface area contributed by atoms with Crippen LogP contribution in [0.15, 0.2) is 33.7 Å². The summed E-state index contributed by atoms with van der Waals surface area (Å²) >= 11 is 3.29. The van der Waals surface area contributed by atoms with Crippen LogP contribution in [0.25, 0.3) is 10.8 Å². The lowest BCUT2D eigenvalue weighted by atomic mass is 10.2. The van der Waals surface area contributed by atoms with E-state index in [4.69, 9.17) is 9.79 Å². The molecule has 0 saturated carbocycles. The van der Waals surface area contributed by atoms with E-state index in [0.717, 1.165) is 9.15 Å². The largest absolute Gasteiger partial charge is 0.327 e. The number of aromatic nitrogens is 2. The maximum atomic E-state index is 12.0. The molecule has 0 aliphatic heterocycles. The van der Waals surface area contributed by atoms with Crippen molar-refractivity contribution in [3.63, 3.8) is 0 Å². The average Bonchev–Trinajstić information content (AvgIpc) is 2.26. The monoisotopic (exact) mass is 332 g/mol. The highest BCUT2D eigenvalue weighted by Gasteiger charge is 2.14. The SMILES string of the molecule is O=c1c2ccc(Br)cc2cnn1CCP(=O)(O)O. The van der Waals surface area contributed by atoms with E-state index in [0.29, 0.717) is 10.8 Å². The summed E-state index contributed by atoms with van der Waals surface area (Å²) in [6, 6.07) is 5.14.